The normalized spacial score (nSPS) is 12.5. The lowest BCUT2D eigenvalue weighted by Crippen LogP contribution is -2.06. The molecule has 0 aliphatic rings. The molecule has 0 bridgehead atoms. The number of hydrogen-bond donors (Lipinski definition) is 1. The molecule has 5 heteroatoms. The molecule has 1 atom stereocenters. The molecule has 0 aliphatic carbocycles. The standard InChI is InChI=1S/C8H9ClINOS/c1-2-13(12)11-8-4-3-6(10)5-7(8)9/h3-5,11H,2H2,1H3. The third-order valence-corrected chi connectivity index (χ3v) is 3.37. The Bertz CT molecular complexity index is 332. The monoisotopic (exact) mass is 329 g/mol. The topological polar surface area (TPSA) is 29.1 Å². The van der Waals surface area contributed by atoms with Crippen LogP contribution in [0.2, 0.25) is 5.02 Å². The van der Waals surface area contributed by atoms with E-state index in [4.69, 9.17) is 11.6 Å². The average molecular weight is 330 g/mol. The maximum absolute atomic E-state index is 11.2. The van der Waals surface area contributed by atoms with Gasteiger partial charge >= 0.3 is 0 Å². The first kappa shape index (κ1) is 11.3. The van der Waals surface area contributed by atoms with Crippen LogP contribution in [0.1, 0.15) is 6.92 Å². The molecular weight excluding hydrogens is 321 g/mol. The van der Waals surface area contributed by atoms with Gasteiger partial charge in [0.25, 0.3) is 0 Å². The van der Waals surface area contributed by atoms with E-state index in [0.717, 1.165) is 9.26 Å². The van der Waals surface area contributed by atoms with E-state index in [1.807, 2.05) is 25.1 Å². The lowest BCUT2D eigenvalue weighted by atomic mass is 10.3. The maximum atomic E-state index is 11.2. The quantitative estimate of drug-likeness (QED) is 0.849. The van der Waals surface area contributed by atoms with Crippen LogP contribution in [0.25, 0.3) is 0 Å². The second-order valence-corrected chi connectivity index (χ2v) is 5.49. The molecule has 13 heavy (non-hydrogen) atoms. The van der Waals surface area contributed by atoms with Crippen LogP contribution in [0.15, 0.2) is 18.2 Å². The molecule has 72 valence electrons. The Morgan fingerprint density at radius 2 is 2.31 bits per heavy atom. The van der Waals surface area contributed by atoms with Crippen molar-refractivity contribution in [2.75, 3.05) is 10.5 Å². The molecule has 0 saturated carbocycles. The molecule has 0 aliphatic heterocycles. The van der Waals surface area contributed by atoms with E-state index < -0.39 is 11.0 Å². The summed E-state index contributed by atoms with van der Waals surface area (Å²) in [7, 11) is -1.03. The van der Waals surface area contributed by atoms with Crippen LogP contribution in [-0.2, 0) is 11.0 Å². The Morgan fingerprint density at radius 3 is 2.85 bits per heavy atom. The lowest BCUT2D eigenvalue weighted by Gasteiger charge is -2.06. The molecule has 1 rings (SSSR count). The molecule has 2 nitrogen and oxygen atoms in total. The maximum Gasteiger partial charge on any atom is 0.116 e. The van der Waals surface area contributed by atoms with Gasteiger partial charge in [-0.1, -0.05) is 18.5 Å². The predicted octanol–water partition coefficient (Wildman–Crippen LogP) is 3.04. The van der Waals surface area contributed by atoms with Gasteiger partial charge in [-0.2, -0.15) is 0 Å². The summed E-state index contributed by atoms with van der Waals surface area (Å²) in [5.74, 6) is 0.572. The molecule has 1 N–H and O–H groups in total. The molecule has 1 aromatic rings. The fraction of sp³-hybridized carbons (Fsp3) is 0.250. The molecule has 0 aromatic heterocycles. The van der Waals surface area contributed by atoms with Gasteiger partial charge in [-0.15, -0.1) is 0 Å². The van der Waals surface area contributed by atoms with Gasteiger partial charge in [-0.05, 0) is 40.8 Å². The summed E-state index contributed by atoms with van der Waals surface area (Å²) in [5.41, 5.74) is 0.724. The fourth-order valence-corrected chi connectivity index (χ4v) is 2.29. The Hall–Kier alpha value is 0.190. The van der Waals surface area contributed by atoms with Crippen LogP contribution in [0, 0.1) is 3.57 Å². The molecule has 0 spiro atoms. The van der Waals surface area contributed by atoms with E-state index in [1.54, 1.807) is 0 Å². The van der Waals surface area contributed by atoms with Gasteiger partial charge in [0.15, 0.2) is 0 Å². The molecule has 0 saturated heterocycles. The van der Waals surface area contributed by atoms with Crippen molar-refractivity contribution in [3.05, 3.63) is 26.8 Å². The Labute approximate surface area is 98.8 Å². The van der Waals surface area contributed by atoms with Gasteiger partial charge in [0.05, 0.1) is 10.7 Å². The highest BCUT2D eigenvalue weighted by Crippen LogP contribution is 2.24. The zero-order chi connectivity index (χ0) is 9.84. The van der Waals surface area contributed by atoms with Crippen LogP contribution in [0.5, 0.6) is 0 Å². The summed E-state index contributed by atoms with van der Waals surface area (Å²) in [6, 6.07) is 5.58. The SMILES string of the molecule is CCS(=O)Nc1ccc(I)cc1Cl. The Kier molecular flexibility index (Phi) is 4.48. The first-order chi connectivity index (χ1) is 6.13. The Morgan fingerprint density at radius 1 is 1.62 bits per heavy atom. The molecule has 0 amide bonds. The van der Waals surface area contributed by atoms with Gasteiger partial charge in [-0.25, -0.2) is 4.21 Å². The minimum Gasteiger partial charge on any atom is -0.304 e. The van der Waals surface area contributed by atoms with Crippen molar-refractivity contribution in [2.45, 2.75) is 6.92 Å². The molecule has 0 fully saturated rings. The van der Waals surface area contributed by atoms with Crippen LogP contribution in [0.3, 0.4) is 0 Å². The van der Waals surface area contributed by atoms with Crippen molar-refractivity contribution in [3.63, 3.8) is 0 Å². The lowest BCUT2D eigenvalue weighted by molar-refractivity contribution is 0.687. The molecule has 0 heterocycles. The van der Waals surface area contributed by atoms with E-state index >= 15 is 0 Å². The van der Waals surface area contributed by atoms with Crippen molar-refractivity contribution in [1.82, 2.24) is 0 Å². The second kappa shape index (κ2) is 5.17. The minimum absolute atomic E-state index is 0.572. The second-order valence-electron chi connectivity index (χ2n) is 2.36. The van der Waals surface area contributed by atoms with Crippen molar-refractivity contribution < 1.29 is 4.21 Å². The van der Waals surface area contributed by atoms with Crippen molar-refractivity contribution >= 4 is 50.9 Å². The number of anilines is 1. The van der Waals surface area contributed by atoms with Gasteiger partial charge in [0.1, 0.15) is 11.0 Å². The number of benzene rings is 1. The van der Waals surface area contributed by atoms with Crippen LogP contribution >= 0.6 is 34.2 Å². The minimum atomic E-state index is -1.03. The first-order valence-corrected chi connectivity index (χ1v) is 6.51. The van der Waals surface area contributed by atoms with E-state index in [-0.39, 0.29) is 0 Å². The highest BCUT2D eigenvalue weighted by molar-refractivity contribution is 14.1. The Balaban J connectivity index is 2.83. The van der Waals surface area contributed by atoms with E-state index in [0.29, 0.717) is 10.8 Å². The number of halogens is 2. The van der Waals surface area contributed by atoms with Crippen LogP contribution < -0.4 is 4.72 Å². The molecular formula is C8H9ClINOS. The van der Waals surface area contributed by atoms with E-state index in [9.17, 15) is 4.21 Å². The largest absolute Gasteiger partial charge is 0.304 e. The van der Waals surface area contributed by atoms with Gasteiger partial charge in [0, 0.05) is 9.32 Å². The number of nitrogens with one attached hydrogen (secondary N) is 1. The summed E-state index contributed by atoms with van der Waals surface area (Å²) < 4.78 is 15.0. The van der Waals surface area contributed by atoms with Crippen LogP contribution in [-0.4, -0.2) is 9.96 Å². The third-order valence-electron chi connectivity index (χ3n) is 1.42. The summed E-state index contributed by atoms with van der Waals surface area (Å²) in [6.45, 7) is 1.85. The predicted molar refractivity (Wildman–Crippen MR) is 66.5 cm³/mol. The summed E-state index contributed by atoms with van der Waals surface area (Å²) >= 11 is 8.11. The van der Waals surface area contributed by atoms with Crippen LogP contribution in [0.4, 0.5) is 5.69 Å². The molecule has 1 unspecified atom stereocenters. The summed E-state index contributed by atoms with van der Waals surface area (Å²) in [5, 5.41) is 0.605. The fourth-order valence-electron chi connectivity index (χ4n) is 0.767. The van der Waals surface area contributed by atoms with Gasteiger partial charge < -0.3 is 4.72 Å². The number of rotatable bonds is 3. The highest BCUT2D eigenvalue weighted by atomic mass is 127. The summed E-state index contributed by atoms with van der Waals surface area (Å²) in [6.07, 6.45) is 0. The van der Waals surface area contributed by atoms with Gasteiger partial charge in [-0.3, -0.25) is 0 Å². The highest BCUT2D eigenvalue weighted by Gasteiger charge is 2.02. The van der Waals surface area contributed by atoms with E-state index in [1.165, 1.54) is 0 Å². The van der Waals surface area contributed by atoms with Crippen molar-refractivity contribution in [1.29, 1.82) is 0 Å². The van der Waals surface area contributed by atoms with E-state index in [2.05, 4.69) is 27.3 Å². The first-order valence-electron chi connectivity index (χ1n) is 3.73. The zero-order valence-electron chi connectivity index (χ0n) is 7.01. The van der Waals surface area contributed by atoms with Crippen molar-refractivity contribution in [3.8, 4) is 0 Å². The van der Waals surface area contributed by atoms with Gasteiger partial charge in [0.2, 0.25) is 0 Å². The average Bonchev–Trinajstić information content (AvgIpc) is 2.09. The zero-order valence-corrected chi connectivity index (χ0v) is 10.7. The number of hydrogen-bond acceptors (Lipinski definition) is 1. The smallest absolute Gasteiger partial charge is 0.116 e. The molecule has 0 radical (unpaired) electrons. The molecule has 1 aromatic carbocycles. The summed E-state index contributed by atoms with van der Waals surface area (Å²) in [4.78, 5) is 0. The van der Waals surface area contributed by atoms with Crippen molar-refractivity contribution in [2.24, 2.45) is 0 Å². The third kappa shape index (κ3) is 3.44.